The van der Waals surface area contributed by atoms with E-state index in [2.05, 4.69) is 6.58 Å². The second-order valence-electron chi connectivity index (χ2n) is 3.74. The molecular weight excluding hydrogens is 272 g/mol. The molecule has 0 atom stereocenters. The van der Waals surface area contributed by atoms with Gasteiger partial charge >= 0.3 is 14.8 Å². The lowest BCUT2D eigenvalue weighted by molar-refractivity contribution is -0.142. The summed E-state index contributed by atoms with van der Waals surface area (Å²) < 4.78 is 19.8. The Morgan fingerprint density at radius 3 is 1.84 bits per heavy atom. The summed E-state index contributed by atoms with van der Waals surface area (Å²) >= 11 is 0. The maximum atomic E-state index is 11.2. The first kappa shape index (κ1) is 17.3. The second-order valence-corrected chi connectivity index (χ2v) is 6.42. The van der Waals surface area contributed by atoms with Crippen LogP contribution in [-0.4, -0.2) is 40.4 Å². The van der Waals surface area contributed by atoms with Gasteiger partial charge in [-0.15, -0.1) is 0 Å². The molecule has 19 heavy (non-hydrogen) atoms. The smallest absolute Gasteiger partial charge is 0.464 e. The maximum Gasteiger partial charge on any atom is 0.639 e. The fourth-order valence-corrected chi connectivity index (χ4v) is 2.98. The molecule has 0 saturated carbocycles. The Kier molecular flexibility index (Phi) is 7.02. The van der Waals surface area contributed by atoms with Gasteiger partial charge in [-0.05, 0) is 6.92 Å². The van der Waals surface area contributed by atoms with Crippen molar-refractivity contribution >= 4 is 26.7 Å². The SMILES string of the molecule is C=C(C)C(=O)OCC[Si](OC)(OC(C)=O)OC(C)=O. The molecule has 7 nitrogen and oxygen atoms in total. The van der Waals surface area contributed by atoms with Crippen LogP contribution in [0.3, 0.4) is 0 Å². The number of carbonyl (C=O) groups excluding carboxylic acids is 3. The van der Waals surface area contributed by atoms with E-state index >= 15 is 0 Å². The number of esters is 1. The summed E-state index contributed by atoms with van der Waals surface area (Å²) in [6.45, 7) is 7.16. The van der Waals surface area contributed by atoms with Gasteiger partial charge in [-0.25, -0.2) is 4.79 Å². The number of rotatable bonds is 7. The normalized spacial score (nSPS) is 10.5. The van der Waals surface area contributed by atoms with Gasteiger partial charge in [0.05, 0.1) is 12.7 Å². The van der Waals surface area contributed by atoms with Crippen molar-refractivity contribution in [3.05, 3.63) is 12.2 Å². The van der Waals surface area contributed by atoms with Crippen molar-refractivity contribution in [3.63, 3.8) is 0 Å². The molecule has 0 aliphatic heterocycles. The Balaban J connectivity index is 4.65. The van der Waals surface area contributed by atoms with E-state index in [1.54, 1.807) is 0 Å². The van der Waals surface area contributed by atoms with Crippen molar-refractivity contribution in [2.45, 2.75) is 26.8 Å². The summed E-state index contributed by atoms with van der Waals surface area (Å²) in [6, 6.07) is -0.0122. The van der Waals surface area contributed by atoms with E-state index < -0.39 is 26.7 Å². The molecule has 0 rings (SSSR count). The zero-order valence-electron chi connectivity index (χ0n) is 11.5. The molecule has 0 aromatic heterocycles. The van der Waals surface area contributed by atoms with Gasteiger partial charge in [-0.1, -0.05) is 6.58 Å². The molecule has 0 aromatic rings. The predicted molar refractivity (Wildman–Crippen MR) is 66.9 cm³/mol. The molecule has 0 spiro atoms. The van der Waals surface area contributed by atoms with Gasteiger partial charge in [-0.2, -0.15) is 0 Å². The van der Waals surface area contributed by atoms with Gasteiger partial charge in [0, 0.05) is 26.5 Å². The Morgan fingerprint density at radius 1 is 1.05 bits per heavy atom. The highest BCUT2D eigenvalue weighted by Crippen LogP contribution is 2.16. The molecule has 0 aromatic carbocycles. The van der Waals surface area contributed by atoms with Gasteiger partial charge in [0.25, 0.3) is 11.9 Å². The van der Waals surface area contributed by atoms with Crippen LogP contribution >= 0.6 is 0 Å². The van der Waals surface area contributed by atoms with Crippen molar-refractivity contribution in [3.8, 4) is 0 Å². The minimum Gasteiger partial charge on any atom is -0.464 e. The van der Waals surface area contributed by atoms with E-state index in [1.165, 1.54) is 27.9 Å². The highest BCUT2D eigenvalue weighted by molar-refractivity contribution is 6.64. The fourth-order valence-electron chi connectivity index (χ4n) is 1.14. The van der Waals surface area contributed by atoms with Crippen LogP contribution in [-0.2, 0) is 32.4 Å². The number of hydrogen-bond donors (Lipinski definition) is 0. The third-order valence-electron chi connectivity index (χ3n) is 1.90. The largest absolute Gasteiger partial charge is 0.639 e. The van der Waals surface area contributed by atoms with Crippen molar-refractivity contribution in [1.82, 2.24) is 0 Å². The minimum atomic E-state index is -3.50. The molecule has 108 valence electrons. The average molecular weight is 290 g/mol. The first-order valence-corrected chi connectivity index (χ1v) is 7.42. The average Bonchev–Trinajstić information content (AvgIpc) is 2.26. The molecule has 0 heterocycles. The summed E-state index contributed by atoms with van der Waals surface area (Å²) in [7, 11) is -2.24. The van der Waals surface area contributed by atoms with E-state index in [0.717, 1.165) is 0 Å². The standard InChI is InChI=1S/C11H18O7Si/c1-8(2)11(14)16-6-7-19(15-5,17-9(3)12)18-10(4)13/h1,6-7H2,2-5H3. The van der Waals surface area contributed by atoms with Gasteiger partial charge in [0.1, 0.15) is 0 Å². The van der Waals surface area contributed by atoms with Gasteiger partial charge in [-0.3, -0.25) is 9.59 Å². The van der Waals surface area contributed by atoms with Crippen molar-refractivity contribution in [2.75, 3.05) is 13.7 Å². The van der Waals surface area contributed by atoms with Gasteiger partial charge in [0.2, 0.25) is 0 Å². The zero-order valence-corrected chi connectivity index (χ0v) is 12.5. The van der Waals surface area contributed by atoms with Crippen LogP contribution in [0.15, 0.2) is 12.2 Å². The summed E-state index contributed by atoms with van der Waals surface area (Å²) in [5, 5.41) is 0. The lowest BCUT2D eigenvalue weighted by Gasteiger charge is -2.25. The Hall–Kier alpha value is -1.67. The van der Waals surface area contributed by atoms with E-state index in [-0.39, 0.29) is 18.2 Å². The van der Waals surface area contributed by atoms with E-state index in [0.29, 0.717) is 0 Å². The van der Waals surface area contributed by atoms with Crippen LogP contribution in [0.1, 0.15) is 20.8 Å². The molecule has 0 aliphatic carbocycles. The molecule has 0 unspecified atom stereocenters. The molecular formula is C11H18O7Si. The number of hydrogen-bond acceptors (Lipinski definition) is 7. The van der Waals surface area contributed by atoms with E-state index in [4.69, 9.17) is 18.0 Å². The molecule has 0 amide bonds. The first-order valence-electron chi connectivity index (χ1n) is 5.49. The van der Waals surface area contributed by atoms with Crippen LogP contribution < -0.4 is 0 Å². The quantitative estimate of drug-likeness (QED) is 0.389. The third kappa shape index (κ3) is 6.72. The van der Waals surface area contributed by atoms with Crippen molar-refractivity contribution in [2.24, 2.45) is 0 Å². The summed E-state index contributed by atoms with van der Waals surface area (Å²) in [4.78, 5) is 33.2. The van der Waals surface area contributed by atoms with Gasteiger partial charge in [0.15, 0.2) is 0 Å². The molecule has 0 saturated heterocycles. The Bertz CT molecular complexity index is 361. The summed E-state index contributed by atoms with van der Waals surface area (Å²) in [5.41, 5.74) is 0.240. The lowest BCUT2D eigenvalue weighted by atomic mass is 10.4. The molecule has 0 bridgehead atoms. The van der Waals surface area contributed by atoms with Crippen LogP contribution in [0.2, 0.25) is 6.04 Å². The third-order valence-corrected chi connectivity index (χ3v) is 4.53. The molecule has 0 radical (unpaired) electrons. The molecule has 0 fully saturated rings. The number of carbonyl (C=O) groups is 3. The molecule has 8 heteroatoms. The van der Waals surface area contributed by atoms with Crippen molar-refractivity contribution in [1.29, 1.82) is 0 Å². The van der Waals surface area contributed by atoms with Crippen molar-refractivity contribution < 1.29 is 32.4 Å². The van der Waals surface area contributed by atoms with Crippen LogP contribution in [0.25, 0.3) is 0 Å². The Morgan fingerprint density at radius 2 is 1.53 bits per heavy atom. The van der Waals surface area contributed by atoms with Crippen LogP contribution in [0.5, 0.6) is 0 Å². The fraction of sp³-hybridized carbons (Fsp3) is 0.545. The van der Waals surface area contributed by atoms with E-state index in [1.807, 2.05) is 0 Å². The molecule has 0 N–H and O–H groups in total. The predicted octanol–water partition coefficient (Wildman–Crippen LogP) is 0.817. The number of ether oxygens (including phenoxy) is 1. The lowest BCUT2D eigenvalue weighted by Crippen LogP contribution is -2.48. The maximum absolute atomic E-state index is 11.2. The minimum absolute atomic E-state index is 0.0122. The highest BCUT2D eigenvalue weighted by Gasteiger charge is 2.47. The first-order chi connectivity index (χ1) is 8.72. The second kappa shape index (κ2) is 7.69. The van der Waals surface area contributed by atoms with Crippen LogP contribution in [0, 0.1) is 0 Å². The van der Waals surface area contributed by atoms with Crippen LogP contribution in [0.4, 0.5) is 0 Å². The van der Waals surface area contributed by atoms with Gasteiger partial charge < -0.3 is 18.0 Å². The summed E-state index contributed by atoms with van der Waals surface area (Å²) in [5.74, 6) is -1.85. The highest BCUT2D eigenvalue weighted by atomic mass is 28.4. The molecule has 0 aliphatic rings. The zero-order chi connectivity index (χ0) is 15.1. The summed E-state index contributed by atoms with van der Waals surface area (Å²) in [6.07, 6.45) is 0. The topological polar surface area (TPSA) is 88.1 Å². The monoisotopic (exact) mass is 290 g/mol. The Labute approximate surface area is 112 Å². The van der Waals surface area contributed by atoms with E-state index in [9.17, 15) is 14.4 Å².